The average molecular weight is 323 g/mol. The predicted molar refractivity (Wildman–Crippen MR) is 91.4 cm³/mol. The van der Waals surface area contributed by atoms with E-state index in [1.807, 2.05) is 31.2 Å². The smallest absolute Gasteiger partial charge is 0.140 e. The molecule has 1 aliphatic heterocycles. The normalized spacial score (nSPS) is 20.7. The number of rotatable bonds is 2. The zero-order valence-electron chi connectivity index (χ0n) is 13.4. The van der Waals surface area contributed by atoms with Gasteiger partial charge in [0, 0.05) is 11.9 Å². The van der Waals surface area contributed by atoms with Crippen LogP contribution in [0.15, 0.2) is 48.8 Å². The van der Waals surface area contributed by atoms with Gasteiger partial charge in [0.1, 0.15) is 18.0 Å². The second kappa shape index (κ2) is 5.83. The Bertz CT molecular complexity index is 893. The third-order valence-corrected chi connectivity index (χ3v) is 4.64. The summed E-state index contributed by atoms with van der Waals surface area (Å²) < 4.78 is 13.7. The molecular weight excluding hydrogens is 305 g/mol. The molecule has 4 nitrogen and oxygen atoms in total. The molecule has 0 spiro atoms. The van der Waals surface area contributed by atoms with E-state index in [1.165, 1.54) is 12.1 Å². The van der Waals surface area contributed by atoms with Gasteiger partial charge in [-0.15, -0.1) is 0 Å². The highest BCUT2D eigenvalue weighted by molar-refractivity contribution is 5.92. The van der Waals surface area contributed by atoms with Crippen molar-refractivity contribution in [3.05, 3.63) is 65.7 Å². The fourth-order valence-corrected chi connectivity index (χ4v) is 3.56. The third kappa shape index (κ3) is 2.51. The standard InChI is InChI=1S/C19H18FN3O/c1-12-4-2-7-16-18(12)19(22-11-21-16)23-10-15(24)9-17(23)13-5-3-6-14(20)8-13/h2-8,11,15,17,24H,9-10H2,1H3. The van der Waals surface area contributed by atoms with Crippen LogP contribution in [-0.4, -0.2) is 27.7 Å². The van der Waals surface area contributed by atoms with E-state index in [2.05, 4.69) is 14.9 Å². The molecule has 3 aromatic rings. The maximum atomic E-state index is 13.7. The Balaban J connectivity index is 1.85. The van der Waals surface area contributed by atoms with Gasteiger partial charge >= 0.3 is 0 Å². The molecule has 0 amide bonds. The van der Waals surface area contributed by atoms with Gasteiger partial charge in [-0.2, -0.15) is 0 Å². The lowest BCUT2D eigenvalue weighted by molar-refractivity contribution is 0.194. The van der Waals surface area contributed by atoms with Crippen LogP contribution in [0.2, 0.25) is 0 Å². The SMILES string of the molecule is Cc1cccc2ncnc(N3CC(O)CC3c3cccc(F)c3)c12. The van der Waals surface area contributed by atoms with Gasteiger partial charge in [0.25, 0.3) is 0 Å². The first-order valence-corrected chi connectivity index (χ1v) is 8.04. The van der Waals surface area contributed by atoms with Gasteiger partial charge in [0.2, 0.25) is 0 Å². The van der Waals surface area contributed by atoms with Crippen LogP contribution in [0, 0.1) is 12.7 Å². The zero-order chi connectivity index (χ0) is 16.7. The Morgan fingerprint density at radius 1 is 1.17 bits per heavy atom. The molecule has 0 saturated carbocycles. The van der Waals surface area contributed by atoms with E-state index < -0.39 is 6.10 Å². The van der Waals surface area contributed by atoms with Crippen LogP contribution in [-0.2, 0) is 0 Å². The van der Waals surface area contributed by atoms with Crippen molar-refractivity contribution >= 4 is 16.7 Å². The number of β-amino-alcohol motifs (C(OH)–C–C–N with tert-alkyl or cyclic N) is 1. The zero-order valence-corrected chi connectivity index (χ0v) is 13.4. The van der Waals surface area contributed by atoms with Crippen LogP contribution in [0.5, 0.6) is 0 Å². The second-order valence-corrected chi connectivity index (χ2v) is 6.28. The van der Waals surface area contributed by atoms with Crippen LogP contribution in [0.1, 0.15) is 23.6 Å². The van der Waals surface area contributed by atoms with Gasteiger partial charge in [-0.3, -0.25) is 0 Å². The summed E-state index contributed by atoms with van der Waals surface area (Å²) in [5, 5.41) is 11.2. The molecule has 1 aliphatic rings. The van der Waals surface area contributed by atoms with Crippen molar-refractivity contribution in [1.29, 1.82) is 0 Å². The average Bonchev–Trinajstić information content (AvgIpc) is 2.96. The lowest BCUT2D eigenvalue weighted by Gasteiger charge is -2.27. The van der Waals surface area contributed by atoms with Gasteiger partial charge in [-0.05, 0) is 42.7 Å². The minimum atomic E-state index is -0.465. The summed E-state index contributed by atoms with van der Waals surface area (Å²) in [6.45, 7) is 2.50. The first-order chi connectivity index (χ1) is 11.6. The van der Waals surface area contributed by atoms with Crippen molar-refractivity contribution in [2.75, 3.05) is 11.4 Å². The first kappa shape index (κ1) is 15.0. The topological polar surface area (TPSA) is 49.2 Å². The minimum absolute atomic E-state index is 0.103. The first-order valence-electron chi connectivity index (χ1n) is 8.04. The number of aromatic nitrogens is 2. The highest BCUT2D eigenvalue weighted by Gasteiger charge is 2.34. The van der Waals surface area contributed by atoms with E-state index >= 15 is 0 Å². The summed E-state index contributed by atoms with van der Waals surface area (Å²) in [6.07, 6.45) is 1.64. The van der Waals surface area contributed by atoms with Gasteiger partial charge in [0.05, 0.1) is 17.7 Å². The van der Waals surface area contributed by atoms with E-state index in [-0.39, 0.29) is 11.9 Å². The van der Waals surface area contributed by atoms with Crippen molar-refractivity contribution in [3.63, 3.8) is 0 Å². The Kier molecular flexibility index (Phi) is 3.65. The Hall–Kier alpha value is -2.53. The highest BCUT2D eigenvalue weighted by Crippen LogP contribution is 2.38. The highest BCUT2D eigenvalue weighted by atomic mass is 19.1. The molecule has 1 N–H and O–H groups in total. The number of aliphatic hydroxyl groups excluding tert-OH is 1. The van der Waals surface area contributed by atoms with Crippen molar-refractivity contribution < 1.29 is 9.50 Å². The van der Waals surface area contributed by atoms with Crippen molar-refractivity contribution in [1.82, 2.24) is 9.97 Å². The van der Waals surface area contributed by atoms with Crippen LogP contribution in [0.3, 0.4) is 0 Å². The minimum Gasteiger partial charge on any atom is -0.391 e. The van der Waals surface area contributed by atoms with Gasteiger partial charge in [-0.25, -0.2) is 14.4 Å². The summed E-state index contributed by atoms with van der Waals surface area (Å²) in [6, 6.07) is 12.4. The molecular formula is C19H18FN3O. The molecule has 0 aliphatic carbocycles. The van der Waals surface area contributed by atoms with Gasteiger partial charge in [-0.1, -0.05) is 24.3 Å². The van der Waals surface area contributed by atoms with Crippen LogP contribution in [0.4, 0.5) is 10.2 Å². The lowest BCUT2D eigenvalue weighted by Crippen LogP contribution is -2.25. The molecule has 2 atom stereocenters. The quantitative estimate of drug-likeness (QED) is 0.785. The molecule has 5 heteroatoms. The van der Waals surface area contributed by atoms with Crippen LogP contribution < -0.4 is 4.90 Å². The largest absolute Gasteiger partial charge is 0.391 e. The number of halogens is 1. The Labute approximate surface area is 139 Å². The number of benzene rings is 2. The Morgan fingerprint density at radius 2 is 2.00 bits per heavy atom. The van der Waals surface area contributed by atoms with E-state index in [4.69, 9.17) is 0 Å². The van der Waals surface area contributed by atoms with Crippen molar-refractivity contribution in [2.45, 2.75) is 25.5 Å². The summed E-state index contributed by atoms with van der Waals surface area (Å²) in [7, 11) is 0. The molecule has 0 radical (unpaired) electrons. The molecule has 1 fully saturated rings. The number of hydrogen-bond acceptors (Lipinski definition) is 4. The molecule has 1 saturated heterocycles. The fourth-order valence-electron chi connectivity index (χ4n) is 3.56. The number of aryl methyl sites for hydroxylation is 1. The van der Waals surface area contributed by atoms with Gasteiger partial charge in [0.15, 0.2) is 0 Å². The molecule has 2 unspecified atom stereocenters. The fraction of sp³-hybridized carbons (Fsp3) is 0.263. The molecule has 1 aromatic heterocycles. The monoisotopic (exact) mass is 323 g/mol. The van der Waals surface area contributed by atoms with Crippen LogP contribution in [0.25, 0.3) is 10.9 Å². The molecule has 122 valence electrons. The predicted octanol–water partition coefficient (Wildman–Crippen LogP) is 3.39. The Morgan fingerprint density at radius 3 is 2.83 bits per heavy atom. The lowest BCUT2D eigenvalue weighted by atomic mass is 10.0. The number of nitrogens with zero attached hydrogens (tertiary/aromatic N) is 3. The molecule has 2 heterocycles. The van der Waals surface area contributed by atoms with Crippen molar-refractivity contribution in [3.8, 4) is 0 Å². The number of aliphatic hydroxyl groups is 1. The van der Waals surface area contributed by atoms with E-state index in [0.717, 1.165) is 27.8 Å². The summed E-state index contributed by atoms with van der Waals surface area (Å²) >= 11 is 0. The summed E-state index contributed by atoms with van der Waals surface area (Å²) in [4.78, 5) is 10.9. The molecule has 4 rings (SSSR count). The molecule has 0 bridgehead atoms. The van der Waals surface area contributed by atoms with Gasteiger partial charge < -0.3 is 10.0 Å². The molecule has 2 aromatic carbocycles. The second-order valence-electron chi connectivity index (χ2n) is 6.28. The van der Waals surface area contributed by atoms with E-state index in [9.17, 15) is 9.50 Å². The summed E-state index contributed by atoms with van der Waals surface area (Å²) in [5.74, 6) is 0.529. The van der Waals surface area contributed by atoms with Crippen molar-refractivity contribution in [2.24, 2.45) is 0 Å². The maximum absolute atomic E-state index is 13.7. The maximum Gasteiger partial charge on any atom is 0.140 e. The number of anilines is 1. The number of fused-ring (bicyclic) bond motifs is 1. The molecule has 24 heavy (non-hydrogen) atoms. The summed E-state index contributed by atoms with van der Waals surface area (Å²) in [5.41, 5.74) is 2.81. The van der Waals surface area contributed by atoms with E-state index in [1.54, 1.807) is 12.4 Å². The van der Waals surface area contributed by atoms with Crippen LogP contribution >= 0.6 is 0 Å². The number of hydrogen-bond donors (Lipinski definition) is 1. The van der Waals surface area contributed by atoms with E-state index in [0.29, 0.717) is 13.0 Å². The third-order valence-electron chi connectivity index (χ3n) is 4.64.